The summed E-state index contributed by atoms with van der Waals surface area (Å²) in [6, 6.07) is 13.4. The van der Waals surface area contributed by atoms with Gasteiger partial charge in [0.05, 0.1) is 5.52 Å². The third-order valence-corrected chi connectivity index (χ3v) is 4.73. The lowest BCUT2D eigenvalue weighted by Crippen LogP contribution is -2.49. The highest BCUT2D eigenvalue weighted by Crippen LogP contribution is 2.25. The van der Waals surface area contributed by atoms with Gasteiger partial charge in [-0.05, 0) is 24.3 Å². The molecule has 3 aromatic rings. The Morgan fingerprint density at radius 1 is 0.963 bits per heavy atom. The molecule has 0 radical (unpaired) electrons. The number of aromatic nitrogens is 3. The summed E-state index contributed by atoms with van der Waals surface area (Å²) in [4.78, 5) is 32.2. The van der Waals surface area contributed by atoms with Gasteiger partial charge in [-0.3, -0.25) is 9.78 Å². The zero-order chi connectivity index (χ0) is 18.8. The van der Waals surface area contributed by atoms with Crippen LogP contribution in [0.1, 0.15) is 10.5 Å². The number of carbonyl (C=O) groups is 1. The molecule has 1 aliphatic rings. The summed E-state index contributed by atoms with van der Waals surface area (Å²) >= 11 is 0. The molecular formula is C20H22N6O. The zero-order valence-corrected chi connectivity index (χ0v) is 15.5. The number of para-hydroxylation sites is 1. The van der Waals surface area contributed by atoms with E-state index in [1.807, 2.05) is 60.3 Å². The van der Waals surface area contributed by atoms with Crippen LogP contribution in [0.25, 0.3) is 10.9 Å². The summed E-state index contributed by atoms with van der Waals surface area (Å²) in [7, 11) is 3.98. The van der Waals surface area contributed by atoms with Crippen molar-refractivity contribution >= 4 is 28.6 Å². The fourth-order valence-electron chi connectivity index (χ4n) is 3.29. The van der Waals surface area contributed by atoms with E-state index in [0.29, 0.717) is 37.8 Å². The van der Waals surface area contributed by atoms with Crippen molar-refractivity contribution in [3.05, 3.63) is 54.4 Å². The van der Waals surface area contributed by atoms with Gasteiger partial charge in [0.1, 0.15) is 11.5 Å². The molecular weight excluding hydrogens is 340 g/mol. The average molecular weight is 362 g/mol. The Balaban J connectivity index is 1.54. The Morgan fingerprint density at radius 3 is 2.41 bits per heavy atom. The summed E-state index contributed by atoms with van der Waals surface area (Å²) in [5.41, 5.74) is 1.42. The summed E-state index contributed by atoms with van der Waals surface area (Å²) in [6.07, 6.45) is 1.65. The molecule has 1 amide bonds. The van der Waals surface area contributed by atoms with E-state index in [0.717, 1.165) is 16.7 Å². The molecule has 7 nitrogen and oxygen atoms in total. The van der Waals surface area contributed by atoms with Gasteiger partial charge in [0, 0.05) is 51.9 Å². The molecule has 0 aliphatic carbocycles. The number of carbonyl (C=O) groups excluding carboxylic acids is 1. The van der Waals surface area contributed by atoms with Crippen LogP contribution < -0.4 is 9.80 Å². The van der Waals surface area contributed by atoms with Crippen LogP contribution in [0.15, 0.2) is 48.7 Å². The number of amides is 1. The first kappa shape index (κ1) is 17.2. The SMILES string of the molecule is CN(C)c1nc(N2CCN(C(=O)c3ccccn3)CC2)nc2ccccc12. The van der Waals surface area contributed by atoms with Gasteiger partial charge in [-0.15, -0.1) is 0 Å². The molecule has 1 saturated heterocycles. The quantitative estimate of drug-likeness (QED) is 0.711. The first-order valence-corrected chi connectivity index (χ1v) is 9.03. The lowest BCUT2D eigenvalue weighted by molar-refractivity contribution is 0.0740. The van der Waals surface area contributed by atoms with Gasteiger partial charge in [-0.25, -0.2) is 4.98 Å². The van der Waals surface area contributed by atoms with E-state index in [9.17, 15) is 4.79 Å². The lowest BCUT2D eigenvalue weighted by Gasteiger charge is -2.35. The largest absolute Gasteiger partial charge is 0.362 e. The molecule has 0 saturated carbocycles. The number of nitrogens with zero attached hydrogens (tertiary/aromatic N) is 6. The first-order valence-electron chi connectivity index (χ1n) is 9.03. The molecule has 27 heavy (non-hydrogen) atoms. The molecule has 7 heteroatoms. The van der Waals surface area contributed by atoms with Crippen molar-refractivity contribution in [3.8, 4) is 0 Å². The summed E-state index contributed by atoms with van der Waals surface area (Å²) in [6.45, 7) is 2.65. The normalized spacial score (nSPS) is 14.4. The van der Waals surface area contributed by atoms with Crippen molar-refractivity contribution in [2.24, 2.45) is 0 Å². The lowest BCUT2D eigenvalue weighted by atomic mass is 10.2. The Kier molecular flexibility index (Phi) is 4.58. The maximum absolute atomic E-state index is 12.6. The molecule has 138 valence electrons. The van der Waals surface area contributed by atoms with Gasteiger partial charge in [0.25, 0.3) is 5.91 Å². The number of hydrogen-bond donors (Lipinski definition) is 0. The van der Waals surface area contributed by atoms with Gasteiger partial charge in [0.15, 0.2) is 0 Å². The van der Waals surface area contributed by atoms with Gasteiger partial charge >= 0.3 is 0 Å². The summed E-state index contributed by atoms with van der Waals surface area (Å²) in [5.74, 6) is 1.59. The van der Waals surface area contributed by atoms with Crippen LogP contribution in [0.3, 0.4) is 0 Å². The molecule has 0 atom stereocenters. The predicted molar refractivity (Wildman–Crippen MR) is 106 cm³/mol. The van der Waals surface area contributed by atoms with E-state index in [1.165, 1.54) is 0 Å². The molecule has 2 aromatic heterocycles. The highest BCUT2D eigenvalue weighted by Gasteiger charge is 2.25. The van der Waals surface area contributed by atoms with Crippen LogP contribution >= 0.6 is 0 Å². The molecule has 1 aromatic carbocycles. The van der Waals surface area contributed by atoms with Crippen molar-refractivity contribution in [1.82, 2.24) is 19.9 Å². The predicted octanol–water partition coefficient (Wildman–Crippen LogP) is 2.05. The third-order valence-electron chi connectivity index (χ3n) is 4.73. The van der Waals surface area contributed by atoms with Crippen molar-refractivity contribution in [2.45, 2.75) is 0 Å². The van der Waals surface area contributed by atoms with Crippen LogP contribution in [-0.4, -0.2) is 66.0 Å². The summed E-state index contributed by atoms with van der Waals surface area (Å²) < 4.78 is 0. The Morgan fingerprint density at radius 2 is 1.70 bits per heavy atom. The second-order valence-corrected chi connectivity index (χ2v) is 6.75. The highest BCUT2D eigenvalue weighted by molar-refractivity contribution is 5.92. The summed E-state index contributed by atoms with van der Waals surface area (Å²) in [5, 5.41) is 1.04. The van der Waals surface area contributed by atoms with Crippen molar-refractivity contribution in [3.63, 3.8) is 0 Å². The van der Waals surface area contributed by atoms with E-state index < -0.39 is 0 Å². The highest BCUT2D eigenvalue weighted by atomic mass is 16.2. The van der Waals surface area contributed by atoms with E-state index in [4.69, 9.17) is 9.97 Å². The molecule has 4 rings (SSSR count). The Labute approximate surface area is 158 Å². The third kappa shape index (κ3) is 3.40. The van der Waals surface area contributed by atoms with E-state index >= 15 is 0 Å². The van der Waals surface area contributed by atoms with Crippen LogP contribution in [0.4, 0.5) is 11.8 Å². The van der Waals surface area contributed by atoms with Crippen LogP contribution in [0, 0.1) is 0 Å². The number of anilines is 2. The maximum atomic E-state index is 12.6. The number of piperazine rings is 1. The Bertz CT molecular complexity index is 951. The monoisotopic (exact) mass is 362 g/mol. The number of rotatable bonds is 3. The molecule has 1 fully saturated rings. The van der Waals surface area contributed by atoms with Crippen molar-refractivity contribution in [2.75, 3.05) is 50.1 Å². The van der Waals surface area contributed by atoms with E-state index in [-0.39, 0.29) is 5.91 Å². The molecule has 0 bridgehead atoms. The smallest absolute Gasteiger partial charge is 0.272 e. The average Bonchev–Trinajstić information content (AvgIpc) is 2.73. The van der Waals surface area contributed by atoms with Gasteiger partial charge in [-0.2, -0.15) is 4.98 Å². The number of benzene rings is 1. The van der Waals surface area contributed by atoms with Gasteiger partial charge in [-0.1, -0.05) is 18.2 Å². The second-order valence-electron chi connectivity index (χ2n) is 6.75. The molecule has 0 N–H and O–H groups in total. The maximum Gasteiger partial charge on any atom is 0.272 e. The fraction of sp³-hybridized carbons (Fsp3) is 0.300. The minimum absolute atomic E-state index is 0.0244. The zero-order valence-electron chi connectivity index (χ0n) is 15.5. The van der Waals surface area contributed by atoms with Crippen molar-refractivity contribution in [1.29, 1.82) is 0 Å². The molecule has 1 aliphatic heterocycles. The van der Waals surface area contributed by atoms with Crippen molar-refractivity contribution < 1.29 is 4.79 Å². The minimum Gasteiger partial charge on any atom is -0.362 e. The first-order chi connectivity index (χ1) is 13.1. The van der Waals surface area contributed by atoms with E-state index in [1.54, 1.807) is 12.3 Å². The standard InChI is InChI=1S/C20H22N6O/c1-24(2)18-15-7-3-4-8-16(15)22-20(23-18)26-13-11-25(12-14-26)19(27)17-9-5-6-10-21-17/h3-10H,11-14H2,1-2H3. The molecule has 0 spiro atoms. The number of hydrogen-bond acceptors (Lipinski definition) is 6. The number of pyridine rings is 1. The Hall–Kier alpha value is -3.22. The topological polar surface area (TPSA) is 65.5 Å². The minimum atomic E-state index is -0.0244. The van der Waals surface area contributed by atoms with Crippen LogP contribution in [-0.2, 0) is 0 Å². The van der Waals surface area contributed by atoms with E-state index in [2.05, 4.69) is 9.88 Å². The van der Waals surface area contributed by atoms with Crippen LogP contribution in [0.2, 0.25) is 0 Å². The van der Waals surface area contributed by atoms with Gasteiger partial charge in [0.2, 0.25) is 5.95 Å². The fourth-order valence-corrected chi connectivity index (χ4v) is 3.29. The number of fused-ring (bicyclic) bond motifs is 1. The second kappa shape index (κ2) is 7.19. The molecule has 3 heterocycles. The molecule has 0 unspecified atom stereocenters. The van der Waals surface area contributed by atoms with Gasteiger partial charge < -0.3 is 14.7 Å². The van der Waals surface area contributed by atoms with Crippen LogP contribution in [0.5, 0.6) is 0 Å².